The molecule has 0 spiro atoms. The molecule has 0 bridgehead atoms. The van der Waals surface area contributed by atoms with Gasteiger partial charge < -0.3 is 15.4 Å². The monoisotopic (exact) mass is 268 g/mol. The van der Waals surface area contributed by atoms with E-state index in [9.17, 15) is 4.79 Å². The maximum Gasteiger partial charge on any atom is 0.259 e. The van der Waals surface area contributed by atoms with Crippen LogP contribution in [0.4, 0.5) is 11.4 Å². The van der Waals surface area contributed by atoms with Gasteiger partial charge in [0.05, 0.1) is 25.0 Å². The molecule has 1 amide bonds. The van der Waals surface area contributed by atoms with E-state index in [0.29, 0.717) is 17.8 Å². The summed E-state index contributed by atoms with van der Waals surface area (Å²) in [6.07, 6.45) is 0. The van der Waals surface area contributed by atoms with Crippen molar-refractivity contribution in [3.8, 4) is 5.75 Å². The van der Waals surface area contributed by atoms with Gasteiger partial charge in [0.15, 0.2) is 0 Å². The molecule has 2 aromatic carbocycles. The topological polar surface area (TPSA) is 55.6 Å². The Balaban J connectivity index is 2.01. The number of hydrogen-bond donors (Lipinski definition) is 1. The number of ether oxygens (including phenoxy) is 1. The number of methoxy groups -OCH3 is 1. The predicted octanol–water partition coefficient (Wildman–Crippen LogP) is 2.75. The number of carbonyl (C=O) groups excluding carboxylic acids is 1. The van der Waals surface area contributed by atoms with Crippen LogP contribution in [0.3, 0.4) is 0 Å². The van der Waals surface area contributed by atoms with Gasteiger partial charge in [-0.3, -0.25) is 4.79 Å². The van der Waals surface area contributed by atoms with Crippen LogP contribution in [0.1, 0.15) is 21.5 Å². The van der Waals surface area contributed by atoms with Gasteiger partial charge in [-0.05, 0) is 48.4 Å². The molecular weight excluding hydrogens is 252 g/mol. The summed E-state index contributed by atoms with van der Waals surface area (Å²) in [7, 11) is 1.62. The molecule has 0 unspecified atom stereocenters. The van der Waals surface area contributed by atoms with Crippen LogP contribution in [0.2, 0.25) is 0 Å². The van der Waals surface area contributed by atoms with E-state index in [2.05, 4.69) is 0 Å². The first-order valence-corrected chi connectivity index (χ1v) is 6.45. The van der Waals surface area contributed by atoms with Crippen LogP contribution in [0.5, 0.6) is 5.75 Å². The van der Waals surface area contributed by atoms with Crippen molar-refractivity contribution in [3.05, 3.63) is 53.1 Å². The van der Waals surface area contributed by atoms with E-state index >= 15 is 0 Å². The van der Waals surface area contributed by atoms with Gasteiger partial charge in [-0.1, -0.05) is 6.07 Å². The third-order valence-corrected chi connectivity index (χ3v) is 3.59. The maximum atomic E-state index is 12.5. The van der Waals surface area contributed by atoms with Crippen molar-refractivity contribution in [2.75, 3.05) is 17.7 Å². The quantitative estimate of drug-likeness (QED) is 0.852. The number of fused-ring (bicyclic) bond motifs is 1. The van der Waals surface area contributed by atoms with E-state index in [1.165, 1.54) is 0 Å². The predicted molar refractivity (Wildman–Crippen MR) is 79.1 cm³/mol. The SMILES string of the molecule is COc1ccc2c(c1)CN(c1ccc(C)cc1N)C2=O. The molecule has 1 aliphatic heterocycles. The van der Waals surface area contributed by atoms with Gasteiger partial charge in [-0.25, -0.2) is 0 Å². The van der Waals surface area contributed by atoms with Gasteiger partial charge in [0, 0.05) is 5.56 Å². The molecule has 0 saturated heterocycles. The summed E-state index contributed by atoms with van der Waals surface area (Å²) < 4.78 is 5.20. The Hall–Kier alpha value is -2.49. The lowest BCUT2D eigenvalue weighted by molar-refractivity contribution is 0.0996. The summed E-state index contributed by atoms with van der Waals surface area (Å²) in [4.78, 5) is 14.2. The van der Waals surface area contributed by atoms with Gasteiger partial charge >= 0.3 is 0 Å². The van der Waals surface area contributed by atoms with Crippen molar-refractivity contribution in [1.82, 2.24) is 0 Å². The summed E-state index contributed by atoms with van der Waals surface area (Å²) in [6.45, 7) is 2.50. The van der Waals surface area contributed by atoms with Gasteiger partial charge in [-0.2, -0.15) is 0 Å². The fourth-order valence-corrected chi connectivity index (χ4v) is 2.54. The highest BCUT2D eigenvalue weighted by molar-refractivity contribution is 6.11. The summed E-state index contributed by atoms with van der Waals surface area (Å²) in [6, 6.07) is 11.2. The number of carbonyl (C=O) groups is 1. The molecule has 102 valence electrons. The molecule has 0 aromatic heterocycles. The molecule has 0 aliphatic carbocycles. The Bertz CT molecular complexity index is 695. The van der Waals surface area contributed by atoms with Crippen molar-refractivity contribution >= 4 is 17.3 Å². The second kappa shape index (κ2) is 4.56. The molecule has 0 radical (unpaired) electrons. The molecule has 0 atom stereocenters. The number of hydrogen-bond acceptors (Lipinski definition) is 3. The minimum atomic E-state index is -0.0155. The van der Waals surface area contributed by atoms with Gasteiger partial charge in [0.2, 0.25) is 0 Å². The van der Waals surface area contributed by atoms with Crippen molar-refractivity contribution in [1.29, 1.82) is 0 Å². The fourth-order valence-electron chi connectivity index (χ4n) is 2.54. The zero-order valence-electron chi connectivity index (χ0n) is 11.5. The van der Waals surface area contributed by atoms with Crippen LogP contribution in [0.15, 0.2) is 36.4 Å². The molecule has 4 nitrogen and oxygen atoms in total. The second-order valence-electron chi connectivity index (χ2n) is 4.98. The number of rotatable bonds is 2. The normalized spacial score (nSPS) is 13.5. The van der Waals surface area contributed by atoms with E-state index in [1.54, 1.807) is 24.1 Å². The molecule has 4 heteroatoms. The molecule has 2 N–H and O–H groups in total. The summed E-state index contributed by atoms with van der Waals surface area (Å²) in [5.41, 5.74) is 10.2. The van der Waals surface area contributed by atoms with Crippen LogP contribution in [-0.4, -0.2) is 13.0 Å². The Labute approximate surface area is 117 Å². The average Bonchev–Trinajstić information content (AvgIpc) is 2.75. The largest absolute Gasteiger partial charge is 0.497 e. The highest BCUT2D eigenvalue weighted by Gasteiger charge is 2.29. The first-order chi connectivity index (χ1) is 9.60. The van der Waals surface area contributed by atoms with Crippen molar-refractivity contribution in [3.63, 3.8) is 0 Å². The van der Waals surface area contributed by atoms with Crippen molar-refractivity contribution in [2.24, 2.45) is 0 Å². The zero-order valence-corrected chi connectivity index (χ0v) is 11.5. The lowest BCUT2D eigenvalue weighted by atomic mass is 10.1. The van der Waals surface area contributed by atoms with Crippen LogP contribution in [0.25, 0.3) is 0 Å². The Kier molecular flexibility index (Phi) is 2.86. The number of anilines is 2. The third-order valence-electron chi connectivity index (χ3n) is 3.59. The number of nitrogen functional groups attached to an aromatic ring is 1. The zero-order chi connectivity index (χ0) is 14.3. The van der Waals surface area contributed by atoms with Crippen LogP contribution in [-0.2, 0) is 6.54 Å². The molecule has 0 saturated carbocycles. The van der Waals surface area contributed by atoms with Gasteiger partial charge in [-0.15, -0.1) is 0 Å². The van der Waals surface area contributed by atoms with E-state index < -0.39 is 0 Å². The average molecular weight is 268 g/mol. The molecular formula is C16H16N2O2. The standard InChI is InChI=1S/C16H16N2O2/c1-10-3-6-15(14(17)7-10)18-9-11-8-12(20-2)4-5-13(11)16(18)19/h3-8H,9,17H2,1-2H3. The highest BCUT2D eigenvalue weighted by atomic mass is 16.5. The van der Waals surface area contributed by atoms with Crippen molar-refractivity contribution in [2.45, 2.75) is 13.5 Å². The number of aryl methyl sites for hydroxylation is 1. The molecule has 1 heterocycles. The summed E-state index contributed by atoms with van der Waals surface area (Å²) in [5, 5.41) is 0. The minimum absolute atomic E-state index is 0.0155. The van der Waals surface area contributed by atoms with E-state index in [1.807, 2.05) is 31.2 Å². The summed E-state index contributed by atoms with van der Waals surface area (Å²) in [5.74, 6) is 0.744. The molecule has 1 aliphatic rings. The van der Waals surface area contributed by atoms with Gasteiger partial charge in [0.1, 0.15) is 5.75 Å². The molecule has 0 fully saturated rings. The Morgan fingerprint density at radius 3 is 2.70 bits per heavy atom. The first kappa shape index (κ1) is 12.5. The summed E-state index contributed by atoms with van der Waals surface area (Å²) >= 11 is 0. The first-order valence-electron chi connectivity index (χ1n) is 6.45. The number of benzene rings is 2. The van der Waals surface area contributed by atoms with Crippen LogP contribution >= 0.6 is 0 Å². The molecule has 2 aromatic rings. The number of amides is 1. The van der Waals surface area contributed by atoms with Crippen LogP contribution < -0.4 is 15.4 Å². The smallest absolute Gasteiger partial charge is 0.259 e. The lowest BCUT2D eigenvalue weighted by Crippen LogP contribution is -2.24. The Morgan fingerprint density at radius 2 is 2.00 bits per heavy atom. The van der Waals surface area contributed by atoms with Crippen molar-refractivity contribution < 1.29 is 9.53 Å². The molecule has 3 rings (SSSR count). The van der Waals surface area contributed by atoms with Crippen LogP contribution in [0, 0.1) is 6.92 Å². The number of nitrogens with zero attached hydrogens (tertiary/aromatic N) is 1. The van der Waals surface area contributed by atoms with E-state index in [0.717, 1.165) is 22.6 Å². The Morgan fingerprint density at radius 1 is 1.20 bits per heavy atom. The second-order valence-corrected chi connectivity index (χ2v) is 4.98. The molecule has 20 heavy (non-hydrogen) atoms. The third kappa shape index (κ3) is 1.90. The fraction of sp³-hybridized carbons (Fsp3) is 0.188. The van der Waals surface area contributed by atoms with Gasteiger partial charge in [0.25, 0.3) is 5.91 Å². The highest BCUT2D eigenvalue weighted by Crippen LogP contribution is 2.33. The number of nitrogens with two attached hydrogens (primary N) is 1. The van der Waals surface area contributed by atoms with E-state index in [-0.39, 0.29) is 5.91 Å². The minimum Gasteiger partial charge on any atom is -0.497 e. The maximum absolute atomic E-state index is 12.5. The van der Waals surface area contributed by atoms with E-state index in [4.69, 9.17) is 10.5 Å². The lowest BCUT2D eigenvalue weighted by Gasteiger charge is -2.18.